The molecule has 2 fully saturated rings. The molecule has 3 atom stereocenters. The number of rotatable bonds is 5. The molecule has 7 heteroatoms. The van der Waals surface area contributed by atoms with E-state index in [4.69, 9.17) is 9.26 Å². The van der Waals surface area contributed by atoms with Gasteiger partial charge < -0.3 is 14.6 Å². The Bertz CT molecular complexity index is 757. The van der Waals surface area contributed by atoms with Crippen molar-refractivity contribution in [2.75, 3.05) is 26.2 Å². The van der Waals surface area contributed by atoms with Crippen molar-refractivity contribution in [2.45, 2.75) is 26.5 Å². The summed E-state index contributed by atoms with van der Waals surface area (Å²) < 4.78 is 11.3. The highest BCUT2D eigenvalue weighted by Crippen LogP contribution is 2.34. The highest BCUT2D eigenvalue weighted by Gasteiger charge is 2.43. The second-order valence-corrected chi connectivity index (χ2v) is 7.24. The molecule has 4 rings (SSSR count). The third-order valence-corrected chi connectivity index (χ3v) is 5.53. The summed E-state index contributed by atoms with van der Waals surface area (Å²) in [5.74, 6) is 1.60. The molecular formula is C19H24N4O3. The Morgan fingerprint density at radius 3 is 3.00 bits per heavy atom. The number of fused-ring (bicyclic) bond motifs is 1. The van der Waals surface area contributed by atoms with Gasteiger partial charge in [-0.2, -0.15) is 0 Å². The highest BCUT2D eigenvalue weighted by molar-refractivity contribution is 5.93. The van der Waals surface area contributed by atoms with Gasteiger partial charge in [0.2, 0.25) is 0 Å². The van der Waals surface area contributed by atoms with Gasteiger partial charge in [-0.1, -0.05) is 5.16 Å². The molecule has 26 heavy (non-hydrogen) atoms. The minimum Gasteiger partial charge on any atom is -0.376 e. The molecule has 2 aliphatic rings. The summed E-state index contributed by atoms with van der Waals surface area (Å²) in [5, 5.41) is 7.07. The molecule has 0 saturated carbocycles. The number of carbonyl (C=O) groups excluding carboxylic acids is 1. The monoisotopic (exact) mass is 356 g/mol. The fourth-order valence-corrected chi connectivity index (χ4v) is 3.99. The van der Waals surface area contributed by atoms with E-state index in [1.54, 1.807) is 24.5 Å². The van der Waals surface area contributed by atoms with E-state index in [0.717, 1.165) is 31.1 Å². The number of nitrogens with one attached hydrogen (secondary N) is 1. The Hall–Kier alpha value is -2.25. The van der Waals surface area contributed by atoms with Gasteiger partial charge in [0.15, 0.2) is 0 Å². The molecule has 7 nitrogen and oxygen atoms in total. The van der Waals surface area contributed by atoms with Crippen molar-refractivity contribution < 1.29 is 14.1 Å². The van der Waals surface area contributed by atoms with Crippen molar-refractivity contribution in [1.29, 1.82) is 0 Å². The lowest BCUT2D eigenvalue weighted by atomic mass is 9.93. The molecule has 2 aromatic heterocycles. The van der Waals surface area contributed by atoms with Crippen LogP contribution in [0.25, 0.3) is 0 Å². The molecule has 0 unspecified atom stereocenters. The maximum Gasteiger partial charge on any atom is 0.252 e. The minimum absolute atomic E-state index is 0.0767. The number of amides is 1. The van der Waals surface area contributed by atoms with Crippen molar-refractivity contribution in [1.82, 2.24) is 20.4 Å². The summed E-state index contributed by atoms with van der Waals surface area (Å²) >= 11 is 0. The number of ether oxygens (including phenoxy) is 1. The van der Waals surface area contributed by atoms with Gasteiger partial charge >= 0.3 is 0 Å². The molecular weight excluding hydrogens is 332 g/mol. The molecule has 2 aromatic rings. The van der Waals surface area contributed by atoms with E-state index in [1.165, 1.54) is 5.56 Å². The summed E-state index contributed by atoms with van der Waals surface area (Å²) in [4.78, 5) is 18.6. The predicted molar refractivity (Wildman–Crippen MR) is 94.5 cm³/mol. The largest absolute Gasteiger partial charge is 0.376 e. The number of nitrogens with zero attached hydrogens (tertiary/aromatic N) is 3. The van der Waals surface area contributed by atoms with E-state index in [0.29, 0.717) is 30.6 Å². The van der Waals surface area contributed by atoms with Gasteiger partial charge in [0.25, 0.3) is 5.91 Å². The highest BCUT2D eigenvalue weighted by atomic mass is 16.5. The first-order valence-corrected chi connectivity index (χ1v) is 9.05. The number of hydrogen-bond acceptors (Lipinski definition) is 6. The van der Waals surface area contributed by atoms with Gasteiger partial charge in [-0.05, 0) is 26.0 Å². The Balaban J connectivity index is 1.33. The van der Waals surface area contributed by atoms with Gasteiger partial charge in [-0.3, -0.25) is 14.7 Å². The number of pyridine rings is 1. The van der Waals surface area contributed by atoms with Crippen LogP contribution in [0.5, 0.6) is 0 Å². The number of likely N-dealkylation sites (tertiary alicyclic amines) is 1. The Kier molecular flexibility index (Phi) is 4.74. The molecule has 1 N–H and O–H groups in total. The van der Waals surface area contributed by atoms with Crippen molar-refractivity contribution >= 4 is 5.91 Å². The maximum atomic E-state index is 12.2. The average Bonchev–Trinajstić information content (AvgIpc) is 3.31. The third-order valence-electron chi connectivity index (χ3n) is 5.53. The summed E-state index contributed by atoms with van der Waals surface area (Å²) in [6.07, 6.45) is 3.50. The Morgan fingerprint density at radius 1 is 1.38 bits per heavy atom. The first kappa shape index (κ1) is 17.2. The van der Waals surface area contributed by atoms with E-state index >= 15 is 0 Å². The zero-order valence-corrected chi connectivity index (χ0v) is 15.1. The predicted octanol–water partition coefficient (Wildman–Crippen LogP) is 1.56. The number of aryl methyl sites for hydroxylation is 2. The zero-order valence-electron chi connectivity index (χ0n) is 15.1. The van der Waals surface area contributed by atoms with Gasteiger partial charge in [-0.25, -0.2) is 0 Å². The molecule has 0 aromatic carbocycles. The van der Waals surface area contributed by atoms with E-state index < -0.39 is 0 Å². The van der Waals surface area contributed by atoms with Crippen molar-refractivity contribution in [3.63, 3.8) is 0 Å². The minimum atomic E-state index is -0.0767. The van der Waals surface area contributed by atoms with E-state index in [-0.39, 0.29) is 12.0 Å². The second kappa shape index (κ2) is 7.17. The van der Waals surface area contributed by atoms with Crippen LogP contribution < -0.4 is 5.32 Å². The quantitative estimate of drug-likeness (QED) is 0.876. The van der Waals surface area contributed by atoms with Crippen molar-refractivity contribution in [3.8, 4) is 0 Å². The Labute approximate surface area is 152 Å². The molecule has 1 amide bonds. The Morgan fingerprint density at radius 2 is 2.27 bits per heavy atom. The van der Waals surface area contributed by atoms with Crippen LogP contribution in [-0.4, -0.2) is 53.3 Å². The van der Waals surface area contributed by atoms with Gasteiger partial charge in [0.1, 0.15) is 5.76 Å². The van der Waals surface area contributed by atoms with Crippen molar-refractivity contribution in [3.05, 3.63) is 47.1 Å². The lowest BCUT2D eigenvalue weighted by molar-refractivity contribution is 0.0903. The SMILES string of the molecule is Cc1noc(C)c1CN1C[C@H]2[C@H](CNC(=O)c3cccnc3)CO[C@H]2C1. The van der Waals surface area contributed by atoms with Crippen LogP contribution in [0, 0.1) is 25.7 Å². The topological polar surface area (TPSA) is 80.5 Å². The summed E-state index contributed by atoms with van der Waals surface area (Å²) in [7, 11) is 0. The second-order valence-electron chi connectivity index (χ2n) is 7.24. The van der Waals surface area contributed by atoms with Crippen LogP contribution in [0.2, 0.25) is 0 Å². The summed E-state index contributed by atoms with van der Waals surface area (Å²) in [5.41, 5.74) is 2.72. The van der Waals surface area contributed by atoms with Crippen LogP contribution in [0.4, 0.5) is 0 Å². The van der Waals surface area contributed by atoms with Crippen molar-refractivity contribution in [2.24, 2.45) is 11.8 Å². The molecule has 2 saturated heterocycles. The summed E-state index contributed by atoms with van der Waals surface area (Å²) in [6.45, 7) is 8.02. The standard InChI is InChI=1S/C19H24N4O3/c1-12-16(13(2)26-22-12)8-23-9-17-15(11-25-18(17)10-23)7-21-19(24)14-4-3-5-20-6-14/h3-6,15,17-18H,7-11H2,1-2H3,(H,21,24)/t15-,17+,18+/m1/s1. The lowest BCUT2D eigenvalue weighted by Gasteiger charge is -2.20. The van der Waals surface area contributed by atoms with Crippen LogP contribution in [0.15, 0.2) is 29.0 Å². The van der Waals surface area contributed by atoms with Crippen LogP contribution in [-0.2, 0) is 11.3 Å². The van der Waals surface area contributed by atoms with Gasteiger partial charge in [-0.15, -0.1) is 0 Å². The summed E-state index contributed by atoms with van der Waals surface area (Å²) in [6, 6.07) is 3.55. The lowest BCUT2D eigenvalue weighted by Crippen LogP contribution is -2.34. The van der Waals surface area contributed by atoms with E-state index in [1.807, 2.05) is 13.8 Å². The molecule has 0 aliphatic carbocycles. The molecule has 2 aliphatic heterocycles. The third kappa shape index (κ3) is 3.37. The first-order chi connectivity index (χ1) is 12.6. The number of hydrogen-bond donors (Lipinski definition) is 1. The fraction of sp³-hybridized carbons (Fsp3) is 0.526. The van der Waals surface area contributed by atoms with E-state index in [9.17, 15) is 4.79 Å². The normalized spacial score (nSPS) is 25.4. The van der Waals surface area contributed by atoms with Crippen LogP contribution in [0.1, 0.15) is 27.4 Å². The maximum absolute atomic E-state index is 12.2. The molecule has 138 valence electrons. The van der Waals surface area contributed by atoms with Crippen LogP contribution >= 0.6 is 0 Å². The van der Waals surface area contributed by atoms with Gasteiger partial charge in [0.05, 0.1) is 24.0 Å². The number of carbonyl (C=O) groups is 1. The van der Waals surface area contributed by atoms with Crippen LogP contribution in [0.3, 0.4) is 0 Å². The number of aromatic nitrogens is 2. The zero-order chi connectivity index (χ0) is 18.1. The molecule has 0 radical (unpaired) electrons. The fourth-order valence-electron chi connectivity index (χ4n) is 3.99. The van der Waals surface area contributed by atoms with E-state index in [2.05, 4.69) is 20.4 Å². The smallest absolute Gasteiger partial charge is 0.252 e. The molecule has 0 spiro atoms. The first-order valence-electron chi connectivity index (χ1n) is 9.05. The van der Waals surface area contributed by atoms with Gasteiger partial charge in [0, 0.05) is 56.0 Å². The average molecular weight is 356 g/mol. The molecule has 0 bridgehead atoms. The molecule has 4 heterocycles.